The highest BCUT2D eigenvalue weighted by molar-refractivity contribution is 5.85. The molecule has 0 saturated heterocycles. The maximum absolute atomic E-state index is 12.0. The van der Waals surface area contributed by atoms with Crippen LogP contribution in [0.25, 0.3) is 0 Å². The molecule has 1 rings (SSSR count). The van der Waals surface area contributed by atoms with Gasteiger partial charge in [-0.25, -0.2) is 4.79 Å². The van der Waals surface area contributed by atoms with Gasteiger partial charge >= 0.3 is 6.09 Å². The molecule has 3 atom stereocenters. The van der Waals surface area contributed by atoms with Crippen LogP contribution in [-0.4, -0.2) is 45.9 Å². The Morgan fingerprint density at radius 1 is 1.24 bits per heavy atom. The maximum Gasteiger partial charge on any atom is 0.407 e. The molecule has 0 aromatic rings. The molecule has 25 heavy (non-hydrogen) atoms. The third-order valence-electron chi connectivity index (χ3n) is 5.16. The summed E-state index contributed by atoms with van der Waals surface area (Å²) in [6.07, 6.45) is 4.78. The molecule has 1 aliphatic rings. The number of hydrogen-bond donors (Lipinski definition) is 3. The molecule has 5 nitrogen and oxygen atoms in total. The fourth-order valence-corrected chi connectivity index (χ4v) is 3.54. The van der Waals surface area contributed by atoms with E-state index in [1.165, 1.54) is 17.7 Å². The van der Waals surface area contributed by atoms with Crippen molar-refractivity contribution in [2.24, 2.45) is 23.0 Å². The van der Waals surface area contributed by atoms with Gasteiger partial charge in [-0.15, -0.1) is 12.4 Å². The molecule has 1 amide bonds. The van der Waals surface area contributed by atoms with Crippen molar-refractivity contribution < 1.29 is 15.0 Å². The summed E-state index contributed by atoms with van der Waals surface area (Å²) in [5.74, 6) is 1.06. The van der Waals surface area contributed by atoms with Gasteiger partial charge in [-0.3, -0.25) is 4.90 Å². The fourth-order valence-electron chi connectivity index (χ4n) is 3.54. The number of aliphatic hydroxyl groups is 1. The Kier molecular flexibility index (Phi) is 10.4. The highest BCUT2D eigenvalue weighted by Gasteiger charge is 2.38. The van der Waals surface area contributed by atoms with Gasteiger partial charge in [0.05, 0.1) is 12.6 Å². The summed E-state index contributed by atoms with van der Waals surface area (Å²) in [5, 5.41) is 19.7. The molecule has 4 N–H and O–H groups in total. The topological polar surface area (TPSA) is 86.8 Å². The molecule has 150 valence electrons. The number of nitrogens with two attached hydrogens (primary N) is 1. The number of carboxylic acid groups (broad SMARTS) is 1. The molecule has 1 fully saturated rings. The van der Waals surface area contributed by atoms with E-state index in [4.69, 9.17) is 5.73 Å². The maximum atomic E-state index is 12.0. The third kappa shape index (κ3) is 8.14. The highest BCUT2D eigenvalue weighted by atomic mass is 35.5. The van der Waals surface area contributed by atoms with Crippen LogP contribution in [0.15, 0.2) is 0 Å². The second kappa shape index (κ2) is 10.6. The van der Waals surface area contributed by atoms with Gasteiger partial charge < -0.3 is 15.9 Å². The Morgan fingerprint density at radius 2 is 1.80 bits per heavy atom. The summed E-state index contributed by atoms with van der Waals surface area (Å²) in [6, 6.07) is -0.224. The molecular formula is C19H39ClN2O3. The first kappa shape index (κ1) is 24.5. The van der Waals surface area contributed by atoms with Crippen molar-refractivity contribution in [1.29, 1.82) is 0 Å². The van der Waals surface area contributed by atoms with Crippen LogP contribution in [0.1, 0.15) is 73.1 Å². The zero-order valence-electron chi connectivity index (χ0n) is 16.6. The smallest absolute Gasteiger partial charge is 0.407 e. The van der Waals surface area contributed by atoms with Crippen molar-refractivity contribution in [3.05, 3.63) is 0 Å². The zero-order valence-corrected chi connectivity index (χ0v) is 17.4. The van der Waals surface area contributed by atoms with Gasteiger partial charge in [-0.05, 0) is 55.8 Å². The van der Waals surface area contributed by atoms with Crippen LogP contribution in [0.3, 0.4) is 0 Å². The second-order valence-corrected chi connectivity index (χ2v) is 8.97. The molecule has 1 aliphatic carbocycles. The average Bonchev–Trinajstić information content (AvgIpc) is 3.27. The monoisotopic (exact) mass is 378 g/mol. The molecule has 0 aromatic carbocycles. The SMILES string of the molecule is CC(C)CC(N(C(=O)O)[C@H](CO)CCC[C@@H](N)C1CC1)C(C)(C)C.Cl. The molecule has 6 heteroatoms. The number of halogens is 1. The van der Waals surface area contributed by atoms with Gasteiger partial charge in [0.1, 0.15) is 0 Å². The van der Waals surface area contributed by atoms with E-state index in [0.717, 1.165) is 19.3 Å². The van der Waals surface area contributed by atoms with E-state index in [1.54, 1.807) is 0 Å². The molecule has 0 heterocycles. The number of aliphatic hydroxyl groups excluding tert-OH is 1. The van der Waals surface area contributed by atoms with Gasteiger partial charge in [0.2, 0.25) is 0 Å². The Balaban J connectivity index is 0.00000576. The predicted octanol–water partition coefficient (Wildman–Crippen LogP) is 4.12. The normalized spacial score (nSPS) is 18.4. The highest BCUT2D eigenvalue weighted by Crippen LogP contribution is 2.34. The molecule has 0 aliphatic heterocycles. The van der Waals surface area contributed by atoms with Crippen molar-refractivity contribution in [2.75, 3.05) is 6.61 Å². The van der Waals surface area contributed by atoms with Crippen LogP contribution in [0.5, 0.6) is 0 Å². The fraction of sp³-hybridized carbons (Fsp3) is 0.947. The molecule has 0 radical (unpaired) electrons. The van der Waals surface area contributed by atoms with Crippen molar-refractivity contribution in [3.8, 4) is 0 Å². The van der Waals surface area contributed by atoms with Gasteiger partial charge in [0, 0.05) is 12.1 Å². The van der Waals surface area contributed by atoms with Crippen molar-refractivity contribution in [2.45, 2.75) is 91.3 Å². The van der Waals surface area contributed by atoms with Crippen LogP contribution in [0.2, 0.25) is 0 Å². The van der Waals surface area contributed by atoms with Crippen LogP contribution in [0.4, 0.5) is 4.79 Å². The summed E-state index contributed by atoms with van der Waals surface area (Å²) in [4.78, 5) is 13.5. The molecule has 0 bridgehead atoms. The molecule has 0 spiro atoms. The van der Waals surface area contributed by atoms with Crippen molar-refractivity contribution in [1.82, 2.24) is 4.90 Å². The zero-order chi connectivity index (χ0) is 18.5. The first-order valence-corrected chi connectivity index (χ1v) is 9.45. The van der Waals surface area contributed by atoms with E-state index in [-0.39, 0.29) is 42.6 Å². The first-order valence-electron chi connectivity index (χ1n) is 9.45. The van der Waals surface area contributed by atoms with Gasteiger partial charge in [-0.1, -0.05) is 34.6 Å². The molecular weight excluding hydrogens is 340 g/mol. The first-order chi connectivity index (χ1) is 11.1. The summed E-state index contributed by atoms with van der Waals surface area (Å²) < 4.78 is 0. The minimum atomic E-state index is -0.930. The standard InChI is InChI=1S/C19H38N2O3.ClH/c1-13(2)11-17(19(3,4)5)21(18(23)24)15(12-22)7-6-8-16(20)14-9-10-14;/h13-17,22H,6-12,20H2,1-5H3,(H,23,24);1H/t15-,16+,17?;/m0./s1. The van der Waals surface area contributed by atoms with Gasteiger partial charge in [0.25, 0.3) is 0 Å². The van der Waals surface area contributed by atoms with E-state index >= 15 is 0 Å². The van der Waals surface area contributed by atoms with Crippen molar-refractivity contribution >= 4 is 18.5 Å². The minimum absolute atomic E-state index is 0. The lowest BCUT2D eigenvalue weighted by atomic mass is 9.80. The lowest BCUT2D eigenvalue weighted by molar-refractivity contribution is 0.0219. The Labute approximate surface area is 159 Å². The average molecular weight is 379 g/mol. The number of carbonyl (C=O) groups is 1. The van der Waals surface area contributed by atoms with E-state index in [1.807, 2.05) is 0 Å². The van der Waals surface area contributed by atoms with Crippen LogP contribution >= 0.6 is 12.4 Å². The summed E-state index contributed by atoms with van der Waals surface area (Å²) in [5.41, 5.74) is 5.98. The number of hydrogen-bond acceptors (Lipinski definition) is 3. The Morgan fingerprint density at radius 3 is 2.16 bits per heavy atom. The second-order valence-electron chi connectivity index (χ2n) is 8.97. The van der Waals surface area contributed by atoms with E-state index in [0.29, 0.717) is 18.3 Å². The Bertz CT molecular complexity index is 395. The lowest BCUT2D eigenvalue weighted by Crippen LogP contribution is -2.53. The molecule has 1 saturated carbocycles. The van der Waals surface area contributed by atoms with Crippen molar-refractivity contribution in [3.63, 3.8) is 0 Å². The third-order valence-corrected chi connectivity index (χ3v) is 5.16. The quantitative estimate of drug-likeness (QED) is 0.533. The van der Waals surface area contributed by atoms with Crippen LogP contribution in [-0.2, 0) is 0 Å². The summed E-state index contributed by atoms with van der Waals surface area (Å²) >= 11 is 0. The van der Waals surface area contributed by atoms with Crippen LogP contribution in [0, 0.1) is 17.3 Å². The molecule has 1 unspecified atom stereocenters. The van der Waals surface area contributed by atoms with E-state index < -0.39 is 6.09 Å². The lowest BCUT2D eigenvalue weighted by Gasteiger charge is -2.43. The summed E-state index contributed by atoms with van der Waals surface area (Å²) in [6.45, 7) is 10.3. The minimum Gasteiger partial charge on any atom is -0.465 e. The summed E-state index contributed by atoms with van der Waals surface area (Å²) in [7, 11) is 0. The van der Waals surface area contributed by atoms with Gasteiger partial charge in [-0.2, -0.15) is 0 Å². The van der Waals surface area contributed by atoms with Gasteiger partial charge in [0.15, 0.2) is 0 Å². The van der Waals surface area contributed by atoms with Crippen LogP contribution < -0.4 is 5.73 Å². The Hall–Kier alpha value is -0.520. The number of rotatable bonds is 10. The predicted molar refractivity (Wildman–Crippen MR) is 105 cm³/mol. The molecule has 0 aromatic heterocycles. The van der Waals surface area contributed by atoms with E-state index in [9.17, 15) is 15.0 Å². The van der Waals surface area contributed by atoms with E-state index in [2.05, 4.69) is 34.6 Å². The largest absolute Gasteiger partial charge is 0.465 e. The number of nitrogens with zero attached hydrogens (tertiary/aromatic N) is 1. The number of amides is 1.